The van der Waals surface area contributed by atoms with Gasteiger partial charge in [-0.15, -0.1) is 0 Å². The van der Waals surface area contributed by atoms with Crippen LogP contribution in [0.15, 0.2) is 97.1 Å². The molecule has 9 heteroatoms. The summed E-state index contributed by atoms with van der Waals surface area (Å²) in [5.74, 6) is 2.33. The number of nitrogens with one attached hydrogen (secondary N) is 1. The molecule has 0 saturated carbocycles. The molecule has 0 amide bonds. The van der Waals surface area contributed by atoms with Crippen molar-refractivity contribution in [3.63, 3.8) is 0 Å². The Balaban J connectivity index is 0.000000195. The molecule has 6 rings (SSSR count). The van der Waals surface area contributed by atoms with Crippen LogP contribution in [0.3, 0.4) is 0 Å². The first-order valence-electron chi connectivity index (χ1n) is 16.9. The molecule has 2 fully saturated rings. The van der Waals surface area contributed by atoms with Gasteiger partial charge >= 0.3 is 0 Å². The van der Waals surface area contributed by atoms with Crippen LogP contribution in [0.25, 0.3) is 0 Å². The number of hydrogen-bond donors (Lipinski definition) is 5. The number of aromatic hydroxyl groups is 2. The summed E-state index contributed by atoms with van der Waals surface area (Å²) in [4.78, 5) is 0. The number of hydrogen-bond acceptors (Lipinski definition) is 9. The number of nitrogens with two attached hydrogens (primary N) is 2. The van der Waals surface area contributed by atoms with Crippen LogP contribution in [-0.2, 0) is 20.3 Å². The lowest BCUT2D eigenvalue weighted by Gasteiger charge is -2.26. The lowest BCUT2D eigenvalue weighted by molar-refractivity contribution is 0.263. The Morgan fingerprint density at radius 1 is 0.571 bits per heavy atom. The fraction of sp³-hybridized carbons (Fsp3) is 0.400. The van der Waals surface area contributed by atoms with Crippen LogP contribution in [0.4, 0.5) is 0 Å². The highest BCUT2D eigenvalue weighted by Gasteiger charge is 2.26. The SMILES string of the molecule is CC(C)(c1ccc(O)cc1)c1ccc(O)cc1.CC(C)(c1ccc(OCC2CO2)cc1)c1ccc(OCC2CO2)cc1.NCCNCCN. The maximum absolute atomic E-state index is 9.30. The lowest BCUT2D eigenvalue weighted by atomic mass is 9.78. The highest BCUT2D eigenvalue weighted by molar-refractivity contribution is 5.43. The molecule has 0 aromatic heterocycles. The van der Waals surface area contributed by atoms with Gasteiger partial charge in [0.1, 0.15) is 48.4 Å². The van der Waals surface area contributed by atoms with Crippen LogP contribution in [-0.4, -0.2) is 75.0 Å². The van der Waals surface area contributed by atoms with E-state index in [1.54, 1.807) is 24.3 Å². The van der Waals surface area contributed by atoms with Gasteiger partial charge in [-0.05, 0) is 70.8 Å². The molecule has 7 N–H and O–H groups in total. The maximum atomic E-state index is 9.30. The highest BCUT2D eigenvalue weighted by Crippen LogP contribution is 2.34. The van der Waals surface area contributed by atoms with Gasteiger partial charge in [-0.25, -0.2) is 0 Å². The molecule has 0 spiro atoms. The molecule has 2 heterocycles. The molecule has 264 valence electrons. The van der Waals surface area contributed by atoms with E-state index in [0.29, 0.717) is 26.3 Å². The predicted molar refractivity (Wildman–Crippen MR) is 195 cm³/mol. The van der Waals surface area contributed by atoms with E-state index in [1.165, 1.54) is 11.1 Å². The Labute approximate surface area is 291 Å². The zero-order chi connectivity index (χ0) is 35.3. The zero-order valence-corrected chi connectivity index (χ0v) is 29.2. The first-order chi connectivity index (χ1) is 23.5. The van der Waals surface area contributed by atoms with Gasteiger partial charge in [0.25, 0.3) is 0 Å². The first-order valence-corrected chi connectivity index (χ1v) is 16.9. The van der Waals surface area contributed by atoms with Crippen LogP contribution in [0.2, 0.25) is 0 Å². The lowest BCUT2D eigenvalue weighted by Crippen LogP contribution is -2.27. The van der Waals surface area contributed by atoms with Gasteiger partial charge in [0.15, 0.2) is 0 Å². The molecule has 2 unspecified atom stereocenters. The fourth-order valence-corrected chi connectivity index (χ4v) is 5.06. The fourth-order valence-electron chi connectivity index (χ4n) is 5.06. The Morgan fingerprint density at radius 3 is 1.12 bits per heavy atom. The van der Waals surface area contributed by atoms with E-state index in [1.807, 2.05) is 48.5 Å². The van der Waals surface area contributed by atoms with Gasteiger partial charge < -0.3 is 45.9 Å². The number of rotatable bonds is 14. The third-order valence-electron chi connectivity index (χ3n) is 8.65. The summed E-state index contributed by atoms with van der Waals surface area (Å²) >= 11 is 0. The number of phenolic OH excluding ortho intramolecular Hbond substituents is 2. The van der Waals surface area contributed by atoms with E-state index >= 15 is 0 Å². The summed E-state index contributed by atoms with van der Waals surface area (Å²) in [6.45, 7) is 14.7. The van der Waals surface area contributed by atoms with Gasteiger partial charge in [-0.3, -0.25) is 0 Å². The van der Waals surface area contributed by atoms with E-state index in [4.69, 9.17) is 30.4 Å². The summed E-state index contributed by atoms with van der Waals surface area (Å²) in [6, 6.07) is 31.1. The standard InChI is InChI=1S/C21H24O4.C15H16O2.C4H13N3/c1-21(2,15-3-7-17(8-4-15)22-11-19-13-24-19)16-5-9-18(10-6-16)23-12-20-14-25-20;1-15(2,11-3-7-13(16)8-4-11)12-5-9-14(17)10-6-12;5-1-3-7-4-2-6/h3-10,19-20H,11-14H2,1-2H3;3-10,16-17H,1-2H3;7H,1-6H2. The van der Waals surface area contributed by atoms with Gasteiger partial charge in [0.05, 0.1) is 13.2 Å². The smallest absolute Gasteiger partial charge is 0.119 e. The molecule has 2 aliphatic heterocycles. The molecule has 2 saturated heterocycles. The second-order valence-corrected chi connectivity index (χ2v) is 13.3. The van der Waals surface area contributed by atoms with Crippen molar-refractivity contribution in [3.05, 3.63) is 119 Å². The van der Waals surface area contributed by atoms with E-state index < -0.39 is 0 Å². The predicted octanol–water partition coefficient (Wildman–Crippen LogP) is 5.48. The van der Waals surface area contributed by atoms with Crippen LogP contribution < -0.4 is 26.3 Å². The summed E-state index contributed by atoms with van der Waals surface area (Å²) in [7, 11) is 0. The van der Waals surface area contributed by atoms with Crippen molar-refractivity contribution in [2.24, 2.45) is 11.5 Å². The molecule has 0 bridgehead atoms. The van der Waals surface area contributed by atoms with E-state index in [-0.39, 0.29) is 34.5 Å². The van der Waals surface area contributed by atoms with Crippen molar-refractivity contribution < 1.29 is 29.2 Å². The van der Waals surface area contributed by atoms with Gasteiger partial charge in [-0.1, -0.05) is 76.2 Å². The minimum atomic E-state index is -0.151. The number of ether oxygens (including phenoxy) is 4. The Kier molecular flexibility index (Phi) is 13.9. The van der Waals surface area contributed by atoms with Gasteiger partial charge in [0, 0.05) is 37.0 Å². The Bertz CT molecular complexity index is 1400. The van der Waals surface area contributed by atoms with Crippen molar-refractivity contribution in [2.45, 2.75) is 50.7 Å². The number of benzene rings is 4. The Hall–Kier alpha value is -4.12. The average molecular weight is 672 g/mol. The summed E-state index contributed by atoms with van der Waals surface area (Å²) < 4.78 is 21.8. The summed E-state index contributed by atoms with van der Waals surface area (Å²) in [6.07, 6.45) is 0.562. The third-order valence-corrected chi connectivity index (χ3v) is 8.65. The first kappa shape index (κ1) is 37.7. The summed E-state index contributed by atoms with van der Waals surface area (Å²) in [5.41, 5.74) is 14.9. The molecule has 2 aliphatic rings. The van der Waals surface area contributed by atoms with Crippen molar-refractivity contribution >= 4 is 0 Å². The monoisotopic (exact) mass is 671 g/mol. The zero-order valence-electron chi connectivity index (χ0n) is 29.2. The molecular formula is C40H53N3O6. The molecule has 0 radical (unpaired) electrons. The molecule has 4 aromatic rings. The average Bonchev–Trinajstić information content (AvgIpc) is 4.05. The van der Waals surface area contributed by atoms with Crippen molar-refractivity contribution in [3.8, 4) is 23.0 Å². The third kappa shape index (κ3) is 12.1. The normalized spacial score (nSPS) is 16.4. The molecular weight excluding hydrogens is 618 g/mol. The number of phenols is 2. The minimum Gasteiger partial charge on any atom is -0.508 e. The van der Waals surface area contributed by atoms with Crippen molar-refractivity contribution in [1.82, 2.24) is 5.32 Å². The second kappa shape index (κ2) is 18.0. The van der Waals surface area contributed by atoms with E-state index in [2.05, 4.69) is 57.3 Å². The largest absolute Gasteiger partial charge is 0.508 e. The van der Waals surface area contributed by atoms with E-state index in [9.17, 15) is 10.2 Å². The molecule has 9 nitrogen and oxygen atoms in total. The minimum absolute atomic E-state index is 0.0870. The molecule has 0 aliphatic carbocycles. The van der Waals surface area contributed by atoms with Crippen molar-refractivity contribution in [2.75, 3.05) is 52.6 Å². The molecule has 4 aromatic carbocycles. The van der Waals surface area contributed by atoms with Crippen LogP contribution >= 0.6 is 0 Å². The highest BCUT2D eigenvalue weighted by atomic mass is 16.6. The van der Waals surface area contributed by atoms with Crippen LogP contribution in [0.5, 0.6) is 23.0 Å². The number of epoxide rings is 2. The van der Waals surface area contributed by atoms with Gasteiger partial charge in [-0.2, -0.15) is 0 Å². The van der Waals surface area contributed by atoms with Crippen LogP contribution in [0, 0.1) is 0 Å². The molecule has 49 heavy (non-hydrogen) atoms. The topological polar surface area (TPSA) is 148 Å². The van der Waals surface area contributed by atoms with Crippen molar-refractivity contribution in [1.29, 1.82) is 0 Å². The maximum Gasteiger partial charge on any atom is 0.119 e. The molecule has 2 atom stereocenters. The van der Waals surface area contributed by atoms with E-state index in [0.717, 1.165) is 48.9 Å². The summed E-state index contributed by atoms with van der Waals surface area (Å²) in [5, 5.41) is 21.6. The quantitative estimate of drug-likeness (QED) is 0.0868. The van der Waals surface area contributed by atoms with Crippen LogP contribution in [0.1, 0.15) is 49.9 Å². The van der Waals surface area contributed by atoms with Gasteiger partial charge in [0.2, 0.25) is 0 Å². The second-order valence-electron chi connectivity index (χ2n) is 13.3. The Morgan fingerprint density at radius 2 is 0.857 bits per heavy atom.